The third-order valence-electron chi connectivity index (χ3n) is 6.19. The molecule has 224 valence electrons. The zero-order valence-electron chi connectivity index (χ0n) is 27.0. The summed E-state index contributed by atoms with van der Waals surface area (Å²) < 4.78 is 38.2. The van der Waals surface area contributed by atoms with Crippen LogP contribution >= 0.6 is 37.1 Å². The van der Waals surface area contributed by atoms with Crippen molar-refractivity contribution >= 4 is 37.1 Å². The maximum absolute atomic E-state index is 9.94. The summed E-state index contributed by atoms with van der Waals surface area (Å²) in [4.78, 5) is 0. The Hall–Kier alpha value is 1.03. The average molecular weight is 625 g/mol. The van der Waals surface area contributed by atoms with Crippen molar-refractivity contribution in [3.8, 4) is 0 Å². The Morgan fingerprint density at radius 3 is 1.05 bits per heavy atom. The van der Waals surface area contributed by atoms with Crippen molar-refractivity contribution in [2.75, 3.05) is 138 Å². The van der Waals surface area contributed by atoms with E-state index in [4.69, 9.17) is 18.1 Å². The minimum absolute atomic E-state index is 0.0405. The third-order valence-corrected chi connectivity index (χ3v) is 25.2. The first-order valence-corrected chi connectivity index (χ1v) is 22.7. The normalized spacial score (nSPS) is 14.6. The van der Waals surface area contributed by atoms with Crippen LogP contribution in [0.1, 0.15) is 0 Å². The highest BCUT2D eigenvalue weighted by molar-refractivity contribution is 7.88. The maximum atomic E-state index is 9.94. The largest absolute Gasteiger partial charge is 0.496 e. The van der Waals surface area contributed by atoms with E-state index in [0.717, 1.165) is 0 Å². The molecule has 0 heterocycles. The molecule has 0 saturated heterocycles. The zero-order chi connectivity index (χ0) is 29.8. The number of likely N-dealkylation sites (N-methyl/N-ethyl adjacent to an activating group) is 1. The van der Waals surface area contributed by atoms with E-state index in [0.29, 0.717) is 6.54 Å². The van der Waals surface area contributed by atoms with Gasteiger partial charge in [-0.05, 0) is 125 Å². The predicted molar refractivity (Wildman–Crippen MR) is 176 cm³/mol. The number of aliphatic hydroxyl groups excluding tert-OH is 1. The van der Waals surface area contributed by atoms with E-state index in [9.17, 15) is 5.11 Å². The Labute approximate surface area is 230 Å². The van der Waals surface area contributed by atoms with Gasteiger partial charge in [0.2, 0.25) is 7.51 Å². The molecular weight excluding hydrogens is 565 g/mol. The molecule has 0 aliphatic carbocycles. The van der Waals surface area contributed by atoms with Crippen LogP contribution in [0.4, 0.5) is 0 Å². The standard InChI is InChI=1S/C20H59N11OP5/c1-25(2)34(17,26(3)4)22-36(21-33(14,15)16,23-35(18,27(5)6)28(7)8)24-37(29(9)10,30(11)12)31(13)19-20-32/h32H,19-20H2,1-18H3/q+1. The molecule has 0 spiro atoms. The fourth-order valence-electron chi connectivity index (χ4n) is 3.59. The van der Waals surface area contributed by atoms with Crippen LogP contribution in [0.2, 0.25) is 0 Å². The van der Waals surface area contributed by atoms with Gasteiger partial charge in [-0.2, -0.15) is 0 Å². The van der Waals surface area contributed by atoms with E-state index in [1.165, 1.54) is 0 Å². The lowest BCUT2D eigenvalue weighted by molar-refractivity contribution is 0.262. The zero-order valence-corrected chi connectivity index (χ0v) is 31.5. The summed E-state index contributed by atoms with van der Waals surface area (Å²) in [6, 6.07) is 0. The van der Waals surface area contributed by atoms with Crippen LogP contribution in [-0.4, -0.2) is 176 Å². The van der Waals surface area contributed by atoms with Gasteiger partial charge in [0.05, 0.1) is 6.61 Å². The number of hydrogen-bond acceptors (Lipinski definition) is 5. The van der Waals surface area contributed by atoms with Crippen molar-refractivity contribution < 1.29 is 5.11 Å². The van der Waals surface area contributed by atoms with Gasteiger partial charge in [-0.25, -0.2) is 14.0 Å². The minimum atomic E-state index is -3.06. The Morgan fingerprint density at radius 1 is 0.514 bits per heavy atom. The van der Waals surface area contributed by atoms with Crippen LogP contribution in [0.25, 0.3) is 0 Å². The number of aliphatic hydroxyl groups is 1. The molecule has 0 atom stereocenters. The molecule has 0 bridgehead atoms. The van der Waals surface area contributed by atoms with Crippen LogP contribution in [0.5, 0.6) is 0 Å². The summed E-state index contributed by atoms with van der Waals surface area (Å²) in [7, 11) is 15.2. The van der Waals surface area contributed by atoms with Crippen LogP contribution in [-0.2, 0) is 0 Å². The molecule has 17 heteroatoms. The van der Waals surface area contributed by atoms with Gasteiger partial charge in [-0.1, -0.05) is 4.52 Å². The van der Waals surface area contributed by atoms with Crippen molar-refractivity contribution in [3.63, 3.8) is 0 Å². The fraction of sp³-hybridized carbons (Fsp3) is 1.00. The Kier molecular flexibility index (Phi) is 14.7. The molecule has 1 N–H and O–H groups in total. The molecule has 0 saturated carbocycles. The van der Waals surface area contributed by atoms with E-state index >= 15 is 0 Å². The van der Waals surface area contributed by atoms with Gasteiger partial charge in [0.25, 0.3) is 0 Å². The van der Waals surface area contributed by atoms with Gasteiger partial charge in [0.1, 0.15) is 14.7 Å². The molecular formula is C20H59N11OP5+. The summed E-state index contributed by atoms with van der Waals surface area (Å²) in [5.74, 6) is 0. The lowest BCUT2D eigenvalue weighted by atomic mass is 10.7. The lowest BCUT2D eigenvalue weighted by Crippen LogP contribution is -2.34. The molecule has 0 radical (unpaired) electrons. The highest BCUT2D eigenvalue weighted by Gasteiger charge is 2.52. The first-order chi connectivity index (χ1) is 16.5. The molecule has 0 rings (SSSR count). The van der Waals surface area contributed by atoms with Gasteiger partial charge < -0.3 is 5.11 Å². The Bertz CT molecular complexity index is 887. The monoisotopic (exact) mass is 624 g/mol. The second kappa shape index (κ2) is 14.3. The maximum Gasteiger partial charge on any atom is 0.496 e. The number of hydrogen-bond donors (Lipinski definition) is 1. The van der Waals surface area contributed by atoms with E-state index in [-0.39, 0.29) is 6.61 Å². The predicted octanol–water partition coefficient (Wildman–Crippen LogP) is 5.32. The van der Waals surface area contributed by atoms with Gasteiger partial charge in [-0.3, -0.25) is 18.7 Å². The van der Waals surface area contributed by atoms with E-state index in [1.54, 1.807) is 0 Å². The number of rotatable bonds is 13. The quantitative estimate of drug-likeness (QED) is 0.276. The van der Waals surface area contributed by atoms with Gasteiger partial charge in [-0.15, -0.1) is 0 Å². The van der Waals surface area contributed by atoms with Crippen LogP contribution < -0.4 is 0 Å². The lowest BCUT2D eigenvalue weighted by Gasteiger charge is -2.41. The van der Waals surface area contributed by atoms with Crippen molar-refractivity contribution in [3.05, 3.63) is 0 Å². The third kappa shape index (κ3) is 9.27. The second-order valence-corrected chi connectivity index (χ2v) is 29.1. The molecule has 0 unspecified atom stereocenters. The van der Waals surface area contributed by atoms with Gasteiger partial charge in [0.15, 0.2) is 0 Å². The smallest absolute Gasteiger partial charge is 0.395 e. The summed E-state index contributed by atoms with van der Waals surface area (Å²) >= 11 is 0. The first kappa shape index (κ1) is 38.0. The van der Waals surface area contributed by atoms with Crippen molar-refractivity contribution in [2.45, 2.75) is 0 Å². The average Bonchev–Trinajstić information content (AvgIpc) is 2.69. The molecule has 0 aromatic rings. The molecule has 37 heavy (non-hydrogen) atoms. The van der Waals surface area contributed by atoms with Gasteiger partial charge in [0, 0.05) is 26.9 Å². The summed E-state index contributed by atoms with van der Waals surface area (Å²) in [5, 5.41) is 9.94. The summed E-state index contributed by atoms with van der Waals surface area (Å²) in [5.41, 5.74) is 0. The topological polar surface area (TPSA) is 92.3 Å². The molecule has 0 aromatic heterocycles. The minimum Gasteiger partial charge on any atom is -0.395 e. The Balaban J connectivity index is 8.84. The molecule has 12 nitrogen and oxygen atoms in total. The van der Waals surface area contributed by atoms with Crippen molar-refractivity contribution in [1.29, 1.82) is 0 Å². The number of nitrogens with zero attached hydrogens (tertiary/aromatic N) is 11. The highest BCUT2D eigenvalue weighted by Crippen LogP contribution is 2.84. The highest BCUT2D eigenvalue weighted by atomic mass is 31.3. The van der Waals surface area contributed by atoms with Crippen LogP contribution in [0, 0.1) is 0 Å². The van der Waals surface area contributed by atoms with Crippen LogP contribution in [0.15, 0.2) is 18.1 Å². The summed E-state index contributed by atoms with van der Waals surface area (Å²) in [6.07, 6.45) is 0. The molecule has 0 amide bonds. The van der Waals surface area contributed by atoms with Gasteiger partial charge >= 0.3 is 7.87 Å². The fourth-order valence-corrected chi connectivity index (χ4v) is 22.3. The Morgan fingerprint density at radius 2 is 0.838 bits per heavy atom. The molecule has 0 aromatic carbocycles. The molecule has 0 aliphatic heterocycles. The first-order valence-electron chi connectivity index (χ1n) is 12.2. The SMILES string of the molecule is CN(C)P(C)(=N[P+](N=P(C)(C)C)(N=P(C)(N(C)C)N(C)C)N=P(N(C)C)(N(C)C)N(C)CCO)N(C)C. The molecule has 0 aliphatic rings. The van der Waals surface area contributed by atoms with E-state index in [2.05, 4.69) is 151 Å². The summed E-state index contributed by atoms with van der Waals surface area (Å²) in [6.45, 7) is 11.6. The van der Waals surface area contributed by atoms with E-state index in [1.807, 2.05) is 7.05 Å². The second-order valence-electron chi connectivity index (χ2n) is 11.3. The molecule has 0 fully saturated rings. The van der Waals surface area contributed by atoms with Crippen molar-refractivity contribution in [1.82, 2.24) is 32.7 Å². The van der Waals surface area contributed by atoms with Crippen LogP contribution in [0.3, 0.4) is 0 Å². The van der Waals surface area contributed by atoms with E-state index < -0.39 is 37.1 Å². The van der Waals surface area contributed by atoms with Crippen molar-refractivity contribution in [2.24, 2.45) is 18.1 Å².